The van der Waals surface area contributed by atoms with Crippen molar-refractivity contribution in [1.82, 2.24) is 0 Å². The van der Waals surface area contributed by atoms with Crippen LogP contribution in [0.25, 0.3) is 0 Å². The van der Waals surface area contributed by atoms with Crippen molar-refractivity contribution in [3.63, 3.8) is 0 Å². The lowest BCUT2D eigenvalue weighted by Gasteiger charge is -2.25. The Morgan fingerprint density at radius 2 is 2.06 bits per heavy atom. The van der Waals surface area contributed by atoms with Crippen molar-refractivity contribution in [2.45, 2.75) is 39.5 Å². The van der Waals surface area contributed by atoms with E-state index >= 15 is 0 Å². The lowest BCUT2D eigenvalue weighted by Crippen LogP contribution is -2.40. The SMILES string of the molecule is CCOC(=O)C(CC)(CCC/C=C/I)C(=O)O. The number of carboxylic acids is 1. The number of hydrogen-bond donors (Lipinski definition) is 1. The summed E-state index contributed by atoms with van der Waals surface area (Å²) in [5.41, 5.74) is -1.38. The van der Waals surface area contributed by atoms with Crippen LogP contribution < -0.4 is 0 Å². The second-order valence-corrected chi connectivity index (χ2v) is 4.43. The first-order valence-electron chi connectivity index (χ1n) is 5.71. The van der Waals surface area contributed by atoms with E-state index in [9.17, 15) is 14.7 Å². The number of carboxylic acid groups (broad SMARTS) is 1. The first-order valence-corrected chi connectivity index (χ1v) is 6.95. The van der Waals surface area contributed by atoms with Crippen molar-refractivity contribution in [1.29, 1.82) is 0 Å². The van der Waals surface area contributed by atoms with Crippen molar-refractivity contribution in [2.24, 2.45) is 5.41 Å². The summed E-state index contributed by atoms with van der Waals surface area (Å²) in [6.07, 6.45) is 3.97. The highest BCUT2D eigenvalue weighted by Gasteiger charge is 2.45. The van der Waals surface area contributed by atoms with Gasteiger partial charge in [-0.3, -0.25) is 9.59 Å². The molecule has 0 rings (SSSR count). The molecule has 0 saturated carbocycles. The summed E-state index contributed by atoms with van der Waals surface area (Å²) in [5.74, 6) is -1.70. The Balaban J connectivity index is 4.70. The van der Waals surface area contributed by atoms with Gasteiger partial charge < -0.3 is 9.84 Å². The molecule has 0 heterocycles. The minimum atomic E-state index is -1.38. The molecule has 1 unspecified atom stereocenters. The molecule has 0 fully saturated rings. The normalized spacial score (nSPS) is 14.5. The van der Waals surface area contributed by atoms with E-state index in [1.54, 1.807) is 13.8 Å². The third-order valence-electron chi connectivity index (χ3n) is 2.74. The quantitative estimate of drug-likeness (QED) is 0.315. The number of rotatable bonds is 8. The van der Waals surface area contributed by atoms with Gasteiger partial charge in [0.05, 0.1) is 6.61 Å². The predicted molar refractivity (Wildman–Crippen MR) is 74.0 cm³/mol. The third kappa shape index (κ3) is 4.65. The maximum atomic E-state index is 11.8. The molecule has 5 heteroatoms. The maximum Gasteiger partial charge on any atom is 0.323 e. The Morgan fingerprint density at radius 1 is 1.41 bits per heavy atom. The molecule has 0 amide bonds. The van der Waals surface area contributed by atoms with Crippen LogP contribution in [0.3, 0.4) is 0 Å². The molecule has 0 aliphatic carbocycles. The van der Waals surface area contributed by atoms with E-state index in [0.717, 1.165) is 6.42 Å². The number of carbonyl (C=O) groups is 2. The highest BCUT2D eigenvalue weighted by atomic mass is 127. The van der Waals surface area contributed by atoms with Crippen LogP contribution in [0.1, 0.15) is 39.5 Å². The van der Waals surface area contributed by atoms with Crippen LogP contribution in [0.4, 0.5) is 0 Å². The molecule has 0 saturated heterocycles. The fraction of sp³-hybridized carbons (Fsp3) is 0.667. The number of hydrogen-bond acceptors (Lipinski definition) is 3. The fourth-order valence-electron chi connectivity index (χ4n) is 1.62. The number of allylic oxidation sites excluding steroid dienone is 1. The van der Waals surface area contributed by atoms with Gasteiger partial charge in [0.15, 0.2) is 5.41 Å². The lowest BCUT2D eigenvalue weighted by atomic mass is 9.80. The van der Waals surface area contributed by atoms with Gasteiger partial charge in [-0.2, -0.15) is 0 Å². The van der Waals surface area contributed by atoms with Crippen molar-refractivity contribution in [3.8, 4) is 0 Å². The molecule has 4 nitrogen and oxygen atoms in total. The molecule has 0 aliphatic rings. The zero-order valence-corrected chi connectivity index (χ0v) is 12.4. The van der Waals surface area contributed by atoms with E-state index in [-0.39, 0.29) is 13.0 Å². The lowest BCUT2D eigenvalue weighted by molar-refractivity contribution is -0.169. The first kappa shape index (κ1) is 16.4. The summed E-state index contributed by atoms with van der Waals surface area (Å²) in [4.78, 5) is 23.1. The number of aliphatic carboxylic acids is 1. The van der Waals surface area contributed by atoms with Crippen LogP contribution in [0, 0.1) is 5.41 Å². The van der Waals surface area contributed by atoms with Gasteiger partial charge in [0.25, 0.3) is 0 Å². The van der Waals surface area contributed by atoms with E-state index in [2.05, 4.69) is 22.6 Å². The van der Waals surface area contributed by atoms with Crippen molar-refractivity contribution in [3.05, 3.63) is 10.2 Å². The van der Waals surface area contributed by atoms with Gasteiger partial charge in [0.1, 0.15) is 0 Å². The molecular formula is C12H19IO4. The number of carbonyl (C=O) groups excluding carboxylic acids is 1. The first-order chi connectivity index (χ1) is 8.05. The molecule has 0 aromatic heterocycles. The molecule has 1 atom stereocenters. The highest BCUT2D eigenvalue weighted by Crippen LogP contribution is 2.31. The van der Waals surface area contributed by atoms with Crippen molar-refractivity contribution in [2.75, 3.05) is 6.61 Å². The Morgan fingerprint density at radius 3 is 2.47 bits per heavy atom. The average Bonchev–Trinajstić information content (AvgIpc) is 2.29. The minimum Gasteiger partial charge on any atom is -0.480 e. The van der Waals surface area contributed by atoms with E-state index in [0.29, 0.717) is 12.8 Å². The molecule has 0 aromatic carbocycles. The molecule has 0 spiro atoms. The van der Waals surface area contributed by atoms with Gasteiger partial charge in [-0.15, -0.1) is 0 Å². The Bertz CT molecular complexity index is 288. The number of unbranched alkanes of at least 4 members (excludes halogenated alkanes) is 1. The average molecular weight is 354 g/mol. The van der Waals surface area contributed by atoms with Crippen LogP contribution in [0.15, 0.2) is 10.2 Å². The second-order valence-electron chi connectivity index (χ2n) is 3.72. The summed E-state index contributed by atoms with van der Waals surface area (Å²) in [6.45, 7) is 3.60. The molecule has 17 heavy (non-hydrogen) atoms. The van der Waals surface area contributed by atoms with Gasteiger partial charge in [-0.25, -0.2) is 0 Å². The zero-order valence-electron chi connectivity index (χ0n) is 10.2. The monoisotopic (exact) mass is 354 g/mol. The molecule has 98 valence electrons. The molecular weight excluding hydrogens is 335 g/mol. The number of esters is 1. The number of ether oxygens (including phenoxy) is 1. The second kappa shape index (κ2) is 8.49. The largest absolute Gasteiger partial charge is 0.480 e. The van der Waals surface area contributed by atoms with Crippen molar-refractivity contribution >= 4 is 34.5 Å². The molecule has 1 N–H and O–H groups in total. The zero-order chi connectivity index (χ0) is 13.3. The third-order valence-corrected chi connectivity index (χ3v) is 3.25. The van der Waals surface area contributed by atoms with E-state index in [1.165, 1.54) is 0 Å². The van der Waals surface area contributed by atoms with Gasteiger partial charge in [-0.05, 0) is 36.7 Å². The Hall–Kier alpha value is -0.590. The summed E-state index contributed by atoms with van der Waals surface area (Å²) in [5, 5.41) is 9.26. The summed E-state index contributed by atoms with van der Waals surface area (Å²) in [6, 6.07) is 0. The van der Waals surface area contributed by atoms with Crippen LogP contribution >= 0.6 is 22.6 Å². The topological polar surface area (TPSA) is 63.6 Å². The highest BCUT2D eigenvalue weighted by molar-refractivity contribution is 14.1. The smallest absolute Gasteiger partial charge is 0.323 e. The summed E-state index contributed by atoms with van der Waals surface area (Å²) < 4.78 is 6.76. The van der Waals surface area contributed by atoms with Gasteiger partial charge in [0.2, 0.25) is 0 Å². The standard InChI is InChI=1S/C12H19IO4/c1-3-12(10(14)15,11(16)17-4-2)8-6-5-7-9-13/h7,9H,3-6,8H2,1-2H3,(H,14,15)/b9-7+. The van der Waals surface area contributed by atoms with E-state index in [1.807, 2.05) is 10.2 Å². The van der Waals surface area contributed by atoms with Crippen LogP contribution in [0.2, 0.25) is 0 Å². The Labute approximate surface area is 116 Å². The van der Waals surface area contributed by atoms with Crippen LogP contribution in [0.5, 0.6) is 0 Å². The predicted octanol–water partition coefficient (Wildman–Crippen LogP) is 3.15. The van der Waals surface area contributed by atoms with Gasteiger partial charge >= 0.3 is 11.9 Å². The minimum absolute atomic E-state index is 0.210. The fourth-order valence-corrected chi connectivity index (χ4v) is 1.98. The van der Waals surface area contributed by atoms with Gasteiger partial charge in [0, 0.05) is 0 Å². The van der Waals surface area contributed by atoms with Gasteiger partial charge in [-0.1, -0.05) is 35.6 Å². The molecule has 0 aromatic rings. The number of halogens is 1. The van der Waals surface area contributed by atoms with E-state index < -0.39 is 17.4 Å². The maximum absolute atomic E-state index is 11.8. The van der Waals surface area contributed by atoms with Crippen LogP contribution in [-0.2, 0) is 14.3 Å². The molecule has 0 radical (unpaired) electrons. The van der Waals surface area contributed by atoms with Crippen molar-refractivity contribution < 1.29 is 19.4 Å². The summed E-state index contributed by atoms with van der Waals surface area (Å²) in [7, 11) is 0. The van der Waals surface area contributed by atoms with E-state index in [4.69, 9.17) is 4.74 Å². The summed E-state index contributed by atoms with van der Waals surface area (Å²) >= 11 is 2.11. The van der Waals surface area contributed by atoms with Crippen LogP contribution in [-0.4, -0.2) is 23.7 Å². The Kier molecular flexibility index (Phi) is 8.20. The molecule has 0 aliphatic heterocycles. The molecule has 0 bridgehead atoms.